The van der Waals surface area contributed by atoms with E-state index in [0.717, 1.165) is 0 Å². The van der Waals surface area contributed by atoms with Crippen LogP contribution in [-0.4, -0.2) is 45.5 Å². The quantitative estimate of drug-likeness (QED) is 0.454. The monoisotopic (exact) mass is 430 g/mol. The molecular weight excluding hydrogens is 416 g/mol. The minimum Gasteiger partial charge on any atom is -0.487 e. The Hall–Kier alpha value is -3.85. The Bertz CT molecular complexity index is 1080. The van der Waals surface area contributed by atoms with Crippen molar-refractivity contribution >= 4 is 41.6 Å². The molecule has 1 saturated heterocycles. The van der Waals surface area contributed by atoms with Crippen LogP contribution in [0.15, 0.2) is 48.2 Å². The van der Waals surface area contributed by atoms with E-state index in [0.29, 0.717) is 21.8 Å². The Kier molecular flexibility index (Phi) is 6.03. The van der Waals surface area contributed by atoms with Crippen molar-refractivity contribution in [3.63, 3.8) is 0 Å². The van der Waals surface area contributed by atoms with Gasteiger partial charge in [0.25, 0.3) is 5.91 Å². The van der Waals surface area contributed by atoms with Gasteiger partial charge in [-0.25, -0.2) is 14.5 Å². The SMILES string of the molecule is O=C(O)CN1C(=O)N/C(=C/c2ccc(OCc3cccc(C(=O)O)c3)c(Cl)c2)C1=O. The van der Waals surface area contributed by atoms with Crippen molar-refractivity contribution in [2.24, 2.45) is 0 Å². The first kappa shape index (κ1) is 20.9. The van der Waals surface area contributed by atoms with Gasteiger partial charge in [0.1, 0.15) is 24.6 Å². The third-order valence-electron chi connectivity index (χ3n) is 4.09. The number of aliphatic carboxylic acids is 1. The van der Waals surface area contributed by atoms with Crippen molar-refractivity contribution in [3.8, 4) is 5.75 Å². The maximum atomic E-state index is 12.2. The molecule has 1 aliphatic heterocycles. The number of carboxylic acid groups (broad SMARTS) is 2. The summed E-state index contributed by atoms with van der Waals surface area (Å²) in [6.45, 7) is -0.640. The number of hydrogen-bond donors (Lipinski definition) is 3. The molecule has 1 fully saturated rings. The smallest absolute Gasteiger partial charge is 0.335 e. The summed E-state index contributed by atoms with van der Waals surface area (Å²) in [7, 11) is 0. The molecule has 0 aliphatic carbocycles. The predicted molar refractivity (Wildman–Crippen MR) is 105 cm³/mol. The van der Waals surface area contributed by atoms with Gasteiger partial charge < -0.3 is 20.3 Å². The molecule has 0 aromatic heterocycles. The van der Waals surface area contributed by atoms with E-state index in [4.69, 9.17) is 26.6 Å². The summed E-state index contributed by atoms with van der Waals surface area (Å²) >= 11 is 6.22. The second-order valence-electron chi connectivity index (χ2n) is 6.26. The molecule has 9 nitrogen and oxygen atoms in total. The molecule has 10 heteroatoms. The normalized spacial score (nSPS) is 14.7. The second-order valence-corrected chi connectivity index (χ2v) is 6.66. The summed E-state index contributed by atoms with van der Waals surface area (Å²) < 4.78 is 5.63. The Morgan fingerprint density at radius 3 is 2.57 bits per heavy atom. The third kappa shape index (κ3) is 4.76. The number of ether oxygens (including phenoxy) is 1. The largest absolute Gasteiger partial charge is 0.487 e. The highest BCUT2D eigenvalue weighted by molar-refractivity contribution is 6.32. The molecule has 0 saturated carbocycles. The number of amides is 3. The van der Waals surface area contributed by atoms with E-state index in [1.807, 2.05) is 0 Å². The zero-order chi connectivity index (χ0) is 21.8. The number of halogens is 1. The van der Waals surface area contributed by atoms with Crippen LogP contribution in [0.1, 0.15) is 21.5 Å². The molecular formula is C20H15ClN2O7. The number of nitrogens with one attached hydrogen (secondary N) is 1. The van der Waals surface area contributed by atoms with Gasteiger partial charge in [-0.15, -0.1) is 0 Å². The highest BCUT2D eigenvalue weighted by atomic mass is 35.5. The van der Waals surface area contributed by atoms with Gasteiger partial charge in [-0.1, -0.05) is 29.8 Å². The molecule has 3 N–H and O–H groups in total. The first-order valence-electron chi connectivity index (χ1n) is 8.55. The summed E-state index contributed by atoms with van der Waals surface area (Å²) in [5.41, 5.74) is 1.21. The van der Waals surface area contributed by atoms with Gasteiger partial charge in [0, 0.05) is 0 Å². The molecule has 30 heavy (non-hydrogen) atoms. The molecule has 154 valence electrons. The van der Waals surface area contributed by atoms with Crippen LogP contribution in [0.3, 0.4) is 0 Å². The lowest BCUT2D eigenvalue weighted by molar-refractivity contribution is -0.140. The average molecular weight is 431 g/mol. The molecule has 0 radical (unpaired) electrons. The van der Waals surface area contributed by atoms with Crippen LogP contribution in [0.2, 0.25) is 5.02 Å². The molecule has 2 aromatic carbocycles. The Labute approximate surface area is 175 Å². The molecule has 0 spiro atoms. The van der Waals surface area contributed by atoms with E-state index < -0.39 is 30.4 Å². The molecule has 1 aliphatic rings. The Morgan fingerprint density at radius 1 is 1.13 bits per heavy atom. The topological polar surface area (TPSA) is 133 Å². The summed E-state index contributed by atoms with van der Waals surface area (Å²) in [5, 5.41) is 20.4. The van der Waals surface area contributed by atoms with Gasteiger partial charge in [0.15, 0.2) is 0 Å². The highest BCUT2D eigenvalue weighted by Crippen LogP contribution is 2.27. The standard InChI is InChI=1S/C20H15ClN2O7/c21-14-7-11(8-15-18(26)23(9-17(24)25)20(29)22-15)4-5-16(14)30-10-12-2-1-3-13(6-12)19(27)28/h1-8H,9-10H2,(H,22,29)(H,24,25)(H,27,28)/b15-8+. The van der Waals surface area contributed by atoms with E-state index in [1.165, 1.54) is 24.3 Å². The molecule has 0 atom stereocenters. The fourth-order valence-electron chi connectivity index (χ4n) is 2.70. The van der Waals surface area contributed by atoms with Crippen LogP contribution in [-0.2, 0) is 16.2 Å². The van der Waals surface area contributed by atoms with E-state index in [-0.39, 0.29) is 22.9 Å². The Balaban J connectivity index is 1.71. The number of hydrogen-bond acceptors (Lipinski definition) is 5. The molecule has 0 bridgehead atoms. The maximum absolute atomic E-state index is 12.2. The van der Waals surface area contributed by atoms with Crippen molar-refractivity contribution < 1.29 is 34.1 Å². The number of carboxylic acids is 2. The second kappa shape index (κ2) is 8.66. The lowest BCUT2D eigenvalue weighted by atomic mass is 10.1. The van der Waals surface area contributed by atoms with Crippen LogP contribution in [0.4, 0.5) is 4.79 Å². The molecule has 0 unspecified atom stereocenters. The van der Waals surface area contributed by atoms with Crippen LogP contribution < -0.4 is 10.1 Å². The lowest BCUT2D eigenvalue weighted by Gasteiger charge is -2.09. The van der Waals surface area contributed by atoms with Crippen molar-refractivity contribution in [1.82, 2.24) is 10.2 Å². The predicted octanol–water partition coefficient (Wildman–Crippen LogP) is 2.59. The maximum Gasteiger partial charge on any atom is 0.335 e. The molecule has 1 heterocycles. The zero-order valence-electron chi connectivity index (χ0n) is 15.3. The van der Waals surface area contributed by atoms with Crippen LogP contribution in [0, 0.1) is 0 Å². The summed E-state index contributed by atoms with van der Waals surface area (Å²) in [5.74, 6) is -2.76. The fraction of sp³-hybridized carbons (Fsp3) is 0.100. The number of carbonyl (C=O) groups is 4. The number of imide groups is 1. The molecule has 2 aromatic rings. The number of urea groups is 1. The van der Waals surface area contributed by atoms with Crippen LogP contribution in [0.5, 0.6) is 5.75 Å². The highest BCUT2D eigenvalue weighted by Gasteiger charge is 2.34. The fourth-order valence-corrected chi connectivity index (χ4v) is 2.94. The van der Waals surface area contributed by atoms with Gasteiger partial charge in [-0.05, 0) is 41.5 Å². The van der Waals surface area contributed by atoms with Gasteiger partial charge in [-0.3, -0.25) is 9.59 Å². The van der Waals surface area contributed by atoms with Crippen LogP contribution >= 0.6 is 11.6 Å². The van der Waals surface area contributed by atoms with Gasteiger partial charge in [-0.2, -0.15) is 0 Å². The number of nitrogens with zero attached hydrogens (tertiary/aromatic N) is 1. The number of rotatable bonds is 7. The first-order chi connectivity index (χ1) is 14.2. The number of carbonyl (C=O) groups excluding carboxylic acids is 2. The van der Waals surface area contributed by atoms with Crippen LogP contribution in [0.25, 0.3) is 6.08 Å². The minimum absolute atomic E-state index is 0.0727. The zero-order valence-corrected chi connectivity index (χ0v) is 16.0. The summed E-state index contributed by atoms with van der Waals surface area (Å²) in [6, 6.07) is 10.1. The number of benzene rings is 2. The summed E-state index contributed by atoms with van der Waals surface area (Å²) in [4.78, 5) is 46.3. The van der Waals surface area contributed by atoms with E-state index in [1.54, 1.807) is 24.3 Å². The average Bonchev–Trinajstić information content (AvgIpc) is 2.94. The molecule has 3 rings (SSSR count). The van der Waals surface area contributed by atoms with Crippen molar-refractivity contribution in [1.29, 1.82) is 0 Å². The third-order valence-corrected chi connectivity index (χ3v) is 4.39. The van der Waals surface area contributed by atoms with Gasteiger partial charge >= 0.3 is 18.0 Å². The molecule has 3 amide bonds. The van der Waals surface area contributed by atoms with E-state index in [9.17, 15) is 19.2 Å². The van der Waals surface area contributed by atoms with Gasteiger partial charge in [0.2, 0.25) is 0 Å². The first-order valence-corrected chi connectivity index (χ1v) is 8.93. The lowest BCUT2D eigenvalue weighted by Crippen LogP contribution is -2.35. The van der Waals surface area contributed by atoms with Crippen molar-refractivity contribution in [2.75, 3.05) is 6.54 Å². The van der Waals surface area contributed by atoms with Gasteiger partial charge in [0.05, 0.1) is 10.6 Å². The minimum atomic E-state index is -1.31. The van der Waals surface area contributed by atoms with E-state index >= 15 is 0 Å². The summed E-state index contributed by atoms with van der Waals surface area (Å²) in [6.07, 6.45) is 1.37. The Morgan fingerprint density at radius 2 is 1.90 bits per heavy atom. The van der Waals surface area contributed by atoms with Crippen molar-refractivity contribution in [3.05, 3.63) is 69.9 Å². The van der Waals surface area contributed by atoms with E-state index in [2.05, 4.69) is 5.32 Å². The number of aromatic carboxylic acids is 1. The van der Waals surface area contributed by atoms with Crippen molar-refractivity contribution in [2.45, 2.75) is 6.61 Å².